The molecule has 1 N–H and O–H groups in total. The van der Waals surface area contributed by atoms with Gasteiger partial charge in [0.1, 0.15) is 11.5 Å². The predicted molar refractivity (Wildman–Crippen MR) is 60.6 cm³/mol. The zero-order valence-electron chi connectivity index (χ0n) is 9.64. The van der Waals surface area contributed by atoms with E-state index in [0.717, 1.165) is 25.0 Å². The lowest BCUT2D eigenvalue weighted by Gasteiger charge is -2.34. The van der Waals surface area contributed by atoms with Crippen LogP contribution in [0.15, 0.2) is 12.1 Å². The van der Waals surface area contributed by atoms with Gasteiger partial charge in [0, 0.05) is 31.3 Å². The van der Waals surface area contributed by atoms with Gasteiger partial charge in [-0.25, -0.2) is 13.2 Å². The highest BCUT2D eigenvalue weighted by Gasteiger charge is 2.24. The normalized spacial score (nSPS) is 20.7. The molecule has 1 aromatic rings. The molecule has 1 saturated heterocycles. The number of hydrogen-bond acceptors (Lipinski definition) is 2. The zero-order valence-corrected chi connectivity index (χ0v) is 9.64. The van der Waals surface area contributed by atoms with Crippen LogP contribution in [0.3, 0.4) is 0 Å². The van der Waals surface area contributed by atoms with Gasteiger partial charge in [-0.15, -0.1) is 0 Å². The van der Waals surface area contributed by atoms with Crippen molar-refractivity contribution in [2.45, 2.75) is 18.9 Å². The van der Waals surface area contributed by atoms with Crippen LogP contribution in [0.5, 0.6) is 0 Å². The number of nitrogens with one attached hydrogen (secondary N) is 1. The van der Waals surface area contributed by atoms with Crippen molar-refractivity contribution >= 4 is 5.69 Å². The first kappa shape index (κ1) is 12.2. The topological polar surface area (TPSA) is 15.3 Å². The Balaban J connectivity index is 2.27. The molecule has 0 saturated carbocycles. The molecule has 17 heavy (non-hydrogen) atoms. The second kappa shape index (κ2) is 4.96. The number of hydrogen-bond donors (Lipinski definition) is 1. The first-order valence-electron chi connectivity index (χ1n) is 5.68. The largest absolute Gasteiger partial charge is 0.365 e. The lowest BCUT2D eigenvalue weighted by Crippen LogP contribution is -2.45. The summed E-state index contributed by atoms with van der Waals surface area (Å²) < 4.78 is 40.0. The minimum atomic E-state index is -0.883. The fraction of sp³-hybridized carbons (Fsp3) is 0.500. The molecule has 0 spiro atoms. The molecule has 0 amide bonds. The molecule has 0 aliphatic carbocycles. The van der Waals surface area contributed by atoms with Gasteiger partial charge in [0.2, 0.25) is 0 Å². The first-order chi connectivity index (χ1) is 8.11. The number of halogens is 3. The Morgan fingerprint density at radius 3 is 2.47 bits per heavy atom. The van der Waals surface area contributed by atoms with Crippen LogP contribution >= 0.6 is 0 Å². The fourth-order valence-corrected chi connectivity index (χ4v) is 2.25. The van der Waals surface area contributed by atoms with Gasteiger partial charge in [-0.05, 0) is 19.9 Å². The van der Waals surface area contributed by atoms with Crippen molar-refractivity contribution in [3.05, 3.63) is 29.6 Å². The van der Waals surface area contributed by atoms with Gasteiger partial charge in [0.25, 0.3) is 0 Å². The van der Waals surface area contributed by atoms with Gasteiger partial charge in [0.05, 0.1) is 0 Å². The third kappa shape index (κ3) is 2.54. The summed E-state index contributed by atoms with van der Waals surface area (Å²) in [6, 6.07) is 1.66. The Morgan fingerprint density at radius 1 is 1.24 bits per heavy atom. The van der Waals surface area contributed by atoms with E-state index >= 15 is 0 Å². The summed E-state index contributed by atoms with van der Waals surface area (Å²) in [7, 11) is 1.82. The Bertz CT molecular complexity index is 386. The molecule has 2 rings (SSSR count). The third-order valence-electron chi connectivity index (χ3n) is 3.13. The highest BCUT2D eigenvalue weighted by Crippen LogP contribution is 2.27. The number of piperidine rings is 1. The molecular formula is C12H15F3N2. The van der Waals surface area contributed by atoms with Crippen molar-refractivity contribution < 1.29 is 13.2 Å². The summed E-state index contributed by atoms with van der Waals surface area (Å²) in [6.45, 7) is 1.13. The van der Waals surface area contributed by atoms with Gasteiger partial charge in [-0.1, -0.05) is 0 Å². The van der Waals surface area contributed by atoms with Crippen LogP contribution < -0.4 is 10.2 Å². The highest BCUT2D eigenvalue weighted by atomic mass is 19.1. The fourth-order valence-electron chi connectivity index (χ4n) is 2.25. The Morgan fingerprint density at radius 2 is 1.88 bits per heavy atom. The number of benzene rings is 1. The van der Waals surface area contributed by atoms with Crippen LogP contribution in [0.25, 0.3) is 0 Å². The van der Waals surface area contributed by atoms with Gasteiger partial charge in [0.15, 0.2) is 11.6 Å². The molecule has 0 radical (unpaired) electrons. The van der Waals surface area contributed by atoms with Crippen LogP contribution in [-0.4, -0.2) is 26.2 Å². The molecule has 5 heteroatoms. The SMILES string of the molecule is CNC1CCCN(c2c(F)cc(F)cc2F)C1. The van der Waals surface area contributed by atoms with E-state index < -0.39 is 17.5 Å². The summed E-state index contributed by atoms with van der Waals surface area (Å²) in [5, 5.41) is 3.09. The van der Waals surface area contributed by atoms with E-state index in [1.807, 2.05) is 7.05 Å². The molecule has 1 aliphatic heterocycles. The summed E-state index contributed by atoms with van der Waals surface area (Å²) in [5.41, 5.74) is -0.119. The molecule has 2 nitrogen and oxygen atoms in total. The van der Waals surface area contributed by atoms with E-state index in [9.17, 15) is 13.2 Å². The molecule has 1 atom stereocenters. The molecule has 94 valence electrons. The number of nitrogens with zero attached hydrogens (tertiary/aromatic N) is 1. The molecule has 0 bridgehead atoms. The van der Waals surface area contributed by atoms with Crippen molar-refractivity contribution in [1.29, 1.82) is 0 Å². The number of rotatable bonds is 2. The zero-order chi connectivity index (χ0) is 12.4. The Labute approximate surface area is 98.4 Å². The number of likely N-dealkylation sites (N-methyl/N-ethyl adjacent to an activating group) is 1. The lowest BCUT2D eigenvalue weighted by molar-refractivity contribution is 0.438. The minimum absolute atomic E-state index is 0.119. The van der Waals surface area contributed by atoms with E-state index in [4.69, 9.17) is 0 Å². The van der Waals surface area contributed by atoms with E-state index in [-0.39, 0.29) is 11.7 Å². The van der Waals surface area contributed by atoms with Crippen LogP contribution in [0.2, 0.25) is 0 Å². The molecular weight excluding hydrogens is 229 g/mol. The van der Waals surface area contributed by atoms with Gasteiger partial charge >= 0.3 is 0 Å². The monoisotopic (exact) mass is 244 g/mol. The van der Waals surface area contributed by atoms with Crippen molar-refractivity contribution in [1.82, 2.24) is 5.32 Å². The summed E-state index contributed by atoms with van der Waals surface area (Å²) in [4.78, 5) is 1.63. The van der Waals surface area contributed by atoms with Crippen molar-refractivity contribution in [2.75, 3.05) is 25.0 Å². The maximum Gasteiger partial charge on any atom is 0.152 e. The Hall–Kier alpha value is -1.23. The smallest absolute Gasteiger partial charge is 0.152 e. The first-order valence-corrected chi connectivity index (χ1v) is 5.68. The van der Waals surface area contributed by atoms with Crippen LogP contribution in [0.1, 0.15) is 12.8 Å². The summed E-state index contributed by atoms with van der Waals surface area (Å²) in [6.07, 6.45) is 1.85. The minimum Gasteiger partial charge on any atom is -0.365 e. The van der Waals surface area contributed by atoms with Crippen molar-refractivity contribution in [2.24, 2.45) is 0 Å². The van der Waals surface area contributed by atoms with Gasteiger partial charge < -0.3 is 10.2 Å². The van der Waals surface area contributed by atoms with Gasteiger partial charge in [-0.3, -0.25) is 0 Å². The second-order valence-corrected chi connectivity index (χ2v) is 4.29. The summed E-state index contributed by atoms with van der Waals surface area (Å²) in [5.74, 6) is -2.55. The molecule has 1 heterocycles. The molecule has 0 aromatic heterocycles. The van der Waals surface area contributed by atoms with E-state index in [0.29, 0.717) is 13.1 Å². The van der Waals surface area contributed by atoms with E-state index in [2.05, 4.69) is 5.32 Å². The predicted octanol–water partition coefficient (Wildman–Crippen LogP) is 2.29. The summed E-state index contributed by atoms with van der Waals surface area (Å²) >= 11 is 0. The second-order valence-electron chi connectivity index (χ2n) is 4.29. The van der Waals surface area contributed by atoms with Crippen LogP contribution in [0.4, 0.5) is 18.9 Å². The molecule has 1 unspecified atom stereocenters. The van der Waals surface area contributed by atoms with Crippen LogP contribution in [0, 0.1) is 17.5 Å². The molecule has 1 aromatic carbocycles. The molecule has 1 fully saturated rings. The average Bonchev–Trinajstić information content (AvgIpc) is 2.28. The average molecular weight is 244 g/mol. The highest BCUT2D eigenvalue weighted by molar-refractivity contribution is 5.50. The lowest BCUT2D eigenvalue weighted by atomic mass is 10.0. The quantitative estimate of drug-likeness (QED) is 0.858. The van der Waals surface area contributed by atoms with Gasteiger partial charge in [-0.2, -0.15) is 0 Å². The maximum absolute atomic E-state index is 13.6. The Kier molecular flexibility index (Phi) is 3.57. The number of anilines is 1. The van der Waals surface area contributed by atoms with E-state index in [1.54, 1.807) is 4.90 Å². The van der Waals surface area contributed by atoms with E-state index in [1.165, 1.54) is 0 Å². The molecule has 1 aliphatic rings. The van der Waals surface area contributed by atoms with Crippen LogP contribution in [-0.2, 0) is 0 Å². The van der Waals surface area contributed by atoms with Crippen molar-refractivity contribution in [3.63, 3.8) is 0 Å². The van der Waals surface area contributed by atoms with Crippen molar-refractivity contribution in [3.8, 4) is 0 Å². The maximum atomic E-state index is 13.6. The standard InChI is InChI=1S/C12H15F3N2/c1-16-9-3-2-4-17(7-9)12-10(14)5-8(13)6-11(12)15/h5-6,9,16H,2-4,7H2,1H3. The third-order valence-corrected chi connectivity index (χ3v) is 3.13.